The van der Waals surface area contributed by atoms with Crippen LogP contribution in [0.3, 0.4) is 0 Å². The molecule has 2 amide bonds. The molecule has 0 radical (unpaired) electrons. The van der Waals surface area contributed by atoms with Gasteiger partial charge in [0.05, 0.1) is 13.1 Å². The number of hydrogen-bond acceptors (Lipinski definition) is 2. The first-order chi connectivity index (χ1) is 12.2. The molecule has 1 aliphatic carbocycles. The lowest BCUT2D eigenvalue weighted by molar-refractivity contribution is 0.180. The molecular weight excluding hydrogens is 371 g/mol. The molecule has 0 atom stereocenters. The SMILES string of the molecule is CC(C)(C)NC(=O)N(Cc1nccn1Cc1ccc(Cl)cc1Cl)C1CC1. The maximum Gasteiger partial charge on any atom is 0.318 e. The van der Waals surface area contributed by atoms with Gasteiger partial charge in [-0.2, -0.15) is 0 Å². The topological polar surface area (TPSA) is 50.2 Å². The van der Waals surface area contributed by atoms with Crippen molar-refractivity contribution in [2.45, 2.75) is 58.3 Å². The van der Waals surface area contributed by atoms with Crippen LogP contribution in [0.1, 0.15) is 45.0 Å². The zero-order chi connectivity index (χ0) is 18.9. The second-order valence-corrected chi connectivity index (χ2v) is 8.59. The fourth-order valence-electron chi connectivity index (χ4n) is 2.77. The van der Waals surface area contributed by atoms with E-state index in [4.69, 9.17) is 23.2 Å². The second-order valence-electron chi connectivity index (χ2n) is 7.75. The predicted molar refractivity (Wildman–Crippen MR) is 105 cm³/mol. The van der Waals surface area contributed by atoms with Crippen LogP contribution in [0.2, 0.25) is 10.0 Å². The number of halogens is 2. The molecule has 0 aliphatic heterocycles. The molecule has 3 rings (SSSR count). The maximum atomic E-state index is 12.7. The molecule has 0 saturated heterocycles. The van der Waals surface area contributed by atoms with Crippen LogP contribution < -0.4 is 5.32 Å². The van der Waals surface area contributed by atoms with Crippen molar-refractivity contribution in [1.29, 1.82) is 0 Å². The van der Waals surface area contributed by atoms with E-state index in [0.29, 0.717) is 29.2 Å². The number of carbonyl (C=O) groups is 1. The summed E-state index contributed by atoms with van der Waals surface area (Å²) < 4.78 is 2.02. The van der Waals surface area contributed by atoms with Crippen molar-refractivity contribution in [3.05, 3.63) is 52.0 Å². The zero-order valence-corrected chi connectivity index (χ0v) is 16.8. The largest absolute Gasteiger partial charge is 0.333 e. The van der Waals surface area contributed by atoms with Gasteiger partial charge >= 0.3 is 6.03 Å². The number of rotatable bonds is 5. The monoisotopic (exact) mass is 394 g/mol. The lowest BCUT2D eigenvalue weighted by Gasteiger charge is -2.28. The van der Waals surface area contributed by atoms with Crippen molar-refractivity contribution in [1.82, 2.24) is 19.8 Å². The highest BCUT2D eigenvalue weighted by Gasteiger charge is 2.34. The van der Waals surface area contributed by atoms with Crippen molar-refractivity contribution in [2.75, 3.05) is 0 Å². The fourth-order valence-corrected chi connectivity index (χ4v) is 3.24. The van der Waals surface area contributed by atoms with Crippen LogP contribution in [-0.2, 0) is 13.1 Å². The van der Waals surface area contributed by atoms with Gasteiger partial charge in [-0.25, -0.2) is 9.78 Å². The Kier molecular flexibility index (Phi) is 5.49. The van der Waals surface area contributed by atoms with E-state index in [1.807, 2.05) is 48.6 Å². The van der Waals surface area contributed by atoms with E-state index in [1.165, 1.54) is 0 Å². The molecule has 0 spiro atoms. The van der Waals surface area contributed by atoms with Crippen LogP contribution in [0.15, 0.2) is 30.6 Å². The average molecular weight is 395 g/mol. The lowest BCUT2D eigenvalue weighted by Crippen LogP contribution is -2.49. The lowest BCUT2D eigenvalue weighted by atomic mass is 10.1. The third-order valence-corrected chi connectivity index (χ3v) is 4.79. The van der Waals surface area contributed by atoms with Gasteiger partial charge in [0, 0.05) is 34.0 Å². The number of nitrogens with one attached hydrogen (secondary N) is 1. The van der Waals surface area contributed by atoms with E-state index >= 15 is 0 Å². The summed E-state index contributed by atoms with van der Waals surface area (Å²) in [5.74, 6) is 0.840. The summed E-state index contributed by atoms with van der Waals surface area (Å²) in [5, 5.41) is 4.29. The fraction of sp³-hybridized carbons (Fsp3) is 0.474. The number of imidazole rings is 1. The van der Waals surface area contributed by atoms with Gasteiger partial charge in [-0.3, -0.25) is 0 Å². The molecule has 5 nitrogen and oxygen atoms in total. The Balaban J connectivity index is 1.75. The summed E-state index contributed by atoms with van der Waals surface area (Å²) in [7, 11) is 0. The smallest absolute Gasteiger partial charge is 0.318 e. The summed E-state index contributed by atoms with van der Waals surface area (Å²) in [6.07, 6.45) is 5.75. The summed E-state index contributed by atoms with van der Waals surface area (Å²) in [5.41, 5.74) is 0.698. The first kappa shape index (κ1) is 19.1. The van der Waals surface area contributed by atoms with Gasteiger partial charge in [0.15, 0.2) is 0 Å². The van der Waals surface area contributed by atoms with Crippen LogP contribution >= 0.6 is 23.2 Å². The minimum Gasteiger partial charge on any atom is -0.333 e. The van der Waals surface area contributed by atoms with Gasteiger partial charge in [0.1, 0.15) is 5.82 Å². The predicted octanol–water partition coefficient (Wildman–Crippen LogP) is 4.71. The molecule has 7 heteroatoms. The molecule has 2 aromatic rings. The molecular formula is C19H24Cl2N4O. The van der Waals surface area contributed by atoms with E-state index < -0.39 is 0 Å². The molecule has 1 aromatic carbocycles. The molecule has 1 aromatic heterocycles. The minimum absolute atomic E-state index is 0.0425. The highest BCUT2D eigenvalue weighted by atomic mass is 35.5. The summed E-state index contributed by atoms with van der Waals surface area (Å²) in [4.78, 5) is 19.0. The Labute approximate surface area is 164 Å². The third kappa shape index (κ3) is 4.92. The summed E-state index contributed by atoms with van der Waals surface area (Å²) in [6.45, 7) is 7.02. The van der Waals surface area contributed by atoms with E-state index in [2.05, 4.69) is 10.3 Å². The van der Waals surface area contributed by atoms with Crippen LogP contribution in [0, 0.1) is 0 Å². The Hall–Kier alpha value is -1.72. The quantitative estimate of drug-likeness (QED) is 0.797. The number of amides is 2. The van der Waals surface area contributed by atoms with E-state index in [-0.39, 0.29) is 11.6 Å². The van der Waals surface area contributed by atoms with Gasteiger partial charge < -0.3 is 14.8 Å². The van der Waals surface area contributed by atoms with E-state index in [0.717, 1.165) is 24.2 Å². The highest BCUT2D eigenvalue weighted by molar-refractivity contribution is 6.35. The normalized spacial score (nSPS) is 14.3. The number of hydrogen-bond donors (Lipinski definition) is 1. The molecule has 0 unspecified atom stereocenters. The van der Waals surface area contributed by atoms with Crippen molar-refractivity contribution in [2.24, 2.45) is 0 Å². The van der Waals surface area contributed by atoms with Crippen LogP contribution in [0.25, 0.3) is 0 Å². The second kappa shape index (κ2) is 7.49. The summed E-state index contributed by atoms with van der Waals surface area (Å²) >= 11 is 12.3. The third-order valence-electron chi connectivity index (χ3n) is 4.20. The van der Waals surface area contributed by atoms with Gasteiger partial charge in [0.2, 0.25) is 0 Å². The Bertz CT molecular complexity index is 793. The number of benzene rings is 1. The minimum atomic E-state index is -0.267. The standard InChI is InChI=1S/C19H24Cl2N4O/c1-19(2,3)23-18(26)25(15-6-7-15)12-17-22-8-9-24(17)11-13-4-5-14(20)10-16(13)21/h4-5,8-10,15H,6-7,11-12H2,1-3H3,(H,23,26). The molecule has 0 bridgehead atoms. The van der Waals surface area contributed by atoms with Crippen molar-refractivity contribution < 1.29 is 4.79 Å². The molecule has 1 heterocycles. The summed E-state index contributed by atoms with van der Waals surface area (Å²) in [6, 6.07) is 5.73. The number of carbonyl (C=O) groups excluding carboxylic acids is 1. The van der Waals surface area contributed by atoms with Crippen LogP contribution in [0.4, 0.5) is 4.79 Å². The van der Waals surface area contributed by atoms with E-state index in [1.54, 1.807) is 12.3 Å². The Morgan fingerprint density at radius 1 is 1.35 bits per heavy atom. The Morgan fingerprint density at radius 3 is 2.69 bits per heavy atom. The molecule has 1 N–H and O–H groups in total. The highest BCUT2D eigenvalue weighted by Crippen LogP contribution is 2.29. The van der Waals surface area contributed by atoms with Crippen LogP contribution in [0.5, 0.6) is 0 Å². The zero-order valence-electron chi connectivity index (χ0n) is 15.3. The molecule has 1 saturated carbocycles. The molecule has 1 fully saturated rings. The van der Waals surface area contributed by atoms with Crippen molar-refractivity contribution in [3.8, 4) is 0 Å². The average Bonchev–Trinajstić information content (AvgIpc) is 3.26. The molecule has 26 heavy (non-hydrogen) atoms. The van der Waals surface area contributed by atoms with Gasteiger partial charge in [0.25, 0.3) is 0 Å². The first-order valence-corrected chi connectivity index (χ1v) is 9.51. The number of nitrogens with zero attached hydrogens (tertiary/aromatic N) is 3. The number of urea groups is 1. The van der Waals surface area contributed by atoms with Crippen molar-refractivity contribution in [3.63, 3.8) is 0 Å². The molecule has 1 aliphatic rings. The molecule has 140 valence electrons. The first-order valence-electron chi connectivity index (χ1n) is 8.75. The van der Waals surface area contributed by atoms with Crippen molar-refractivity contribution >= 4 is 29.2 Å². The van der Waals surface area contributed by atoms with Crippen LogP contribution in [-0.4, -0.2) is 32.1 Å². The van der Waals surface area contributed by atoms with Gasteiger partial charge in [-0.15, -0.1) is 0 Å². The Morgan fingerprint density at radius 2 is 2.08 bits per heavy atom. The number of aromatic nitrogens is 2. The maximum absolute atomic E-state index is 12.7. The van der Waals surface area contributed by atoms with E-state index in [9.17, 15) is 4.79 Å². The van der Waals surface area contributed by atoms with Gasteiger partial charge in [-0.1, -0.05) is 29.3 Å². The van der Waals surface area contributed by atoms with Gasteiger partial charge in [-0.05, 0) is 51.3 Å².